The maximum atomic E-state index is 12.7. The highest BCUT2D eigenvalue weighted by Crippen LogP contribution is 2.33. The molecule has 0 atom stereocenters. The van der Waals surface area contributed by atoms with Crippen LogP contribution in [0.1, 0.15) is 12.5 Å². The molecule has 0 saturated heterocycles. The lowest BCUT2D eigenvalue weighted by atomic mass is 10.2. The average molecular weight is 411 g/mol. The van der Waals surface area contributed by atoms with Crippen molar-refractivity contribution >= 4 is 32.7 Å². The van der Waals surface area contributed by atoms with Gasteiger partial charge in [0.2, 0.25) is 16.8 Å². The number of ether oxygens (including phenoxy) is 2. The second-order valence-corrected chi connectivity index (χ2v) is 8.02. The molecule has 2 heterocycles. The molecular formula is C17H15ClN2O6S. The van der Waals surface area contributed by atoms with Crippen molar-refractivity contribution in [1.29, 1.82) is 0 Å². The summed E-state index contributed by atoms with van der Waals surface area (Å²) in [5.41, 5.74) is 1.31. The summed E-state index contributed by atoms with van der Waals surface area (Å²) in [6.45, 7) is 2.34. The summed E-state index contributed by atoms with van der Waals surface area (Å²) < 4.78 is 44.9. The minimum atomic E-state index is -3.93. The van der Waals surface area contributed by atoms with E-state index in [1.165, 1.54) is 16.7 Å². The Balaban J connectivity index is 1.63. The number of oxazole rings is 1. The molecule has 27 heavy (non-hydrogen) atoms. The number of rotatable bonds is 5. The second-order valence-electron chi connectivity index (χ2n) is 5.87. The van der Waals surface area contributed by atoms with Crippen LogP contribution in [0.2, 0.25) is 5.02 Å². The fraction of sp³-hybridized carbons (Fsp3) is 0.235. The van der Waals surface area contributed by atoms with Gasteiger partial charge in [-0.1, -0.05) is 17.7 Å². The van der Waals surface area contributed by atoms with Crippen LogP contribution >= 0.6 is 11.6 Å². The van der Waals surface area contributed by atoms with Gasteiger partial charge < -0.3 is 13.9 Å². The number of fused-ring (bicyclic) bond motifs is 2. The first kappa shape index (κ1) is 17.9. The molecule has 10 heteroatoms. The van der Waals surface area contributed by atoms with Crippen molar-refractivity contribution in [1.82, 2.24) is 9.29 Å². The normalized spacial score (nSPS) is 13.4. The Kier molecular flexibility index (Phi) is 4.37. The lowest BCUT2D eigenvalue weighted by Gasteiger charge is -2.09. The molecule has 142 valence electrons. The number of aromatic nitrogens is 1. The van der Waals surface area contributed by atoms with Crippen LogP contribution in [0.15, 0.2) is 44.4 Å². The summed E-state index contributed by atoms with van der Waals surface area (Å²) >= 11 is 6.17. The van der Waals surface area contributed by atoms with E-state index in [1.807, 2.05) is 0 Å². The minimum absolute atomic E-state index is 0.00341. The quantitative estimate of drug-likeness (QED) is 0.693. The minimum Gasteiger partial charge on any atom is -0.454 e. The van der Waals surface area contributed by atoms with Crippen LogP contribution < -0.4 is 20.0 Å². The number of halogens is 1. The standard InChI is InChI=1S/C17H15ClN2O6S/c1-2-20-12-6-11(18)16(7-14(12)26-17(20)21)27(22,23)19-8-10-3-4-13-15(5-10)25-9-24-13/h3-7,19H,2,8-9H2,1H3. The summed E-state index contributed by atoms with van der Waals surface area (Å²) in [4.78, 5) is 11.7. The number of benzene rings is 2. The molecule has 0 fully saturated rings. The van der Waals surface area contributed by atoms with E-state index in [0.717, 1.165) is 0 Å². The first-order valence-corrected chi connectivity index (χ1v) is 9.96. The highest BCUT2D eigenvalue weighted by atomic mass is 35.5. The highest BCUT2D eigenvalue weighted by Gasteiger charge is 2.22. The Morgan fingerprint density at radius 3 is 2.74 bits per heavy atom. The molecule has 0 bridgehead atoms. The molecular weight excluding hydrogens is 396 g/mol. The van der Waals surface area contributed by atoms with Crippen LogP contribution in [-0.4, -0.2) is 19.8 Å². The Hall–Kier alpha value is -2.49. The third-order valence-electron chi connectivity index (χ3n) is 4.23. The summed E-state index contributed by atoms with van der Waals surface area (Å²) in [6, 6.07) is 7.83. The molecule has 2 aromatic carbocycles. The van der Waals surface area contributed by atoms with Crippen LogP contribution in [0, 0.1) is 0 Å². The average Bonchev–Trinajstić information content (AvgIpc) is 3.21. The Bertz CT molecular complexity index is 1200. The smallest absolute Gasteiger partial charge is 0.419 e. The molecule has 1 aliphatic rings. The van der Waals surface area contributed by atoms with Gasteiger partial charge in [0.05, 0.1) is 10.5 Å². The van der Waals surface area contributed by atoms with Crippen LogP contribution in [0.3, 0.4) is 0 Å². The zero-order valence-corrected chi connectivity index (χ0v) is 15.8. The Morgan fingerprint density at radius 2 is 1.96 bits per heavy atom. The molecule has 4 rings (SSSR count). The largest absolute Gasteiger partial charge is 0.454 e. The van der Waals surface area contributed by atoms with E-state index in [2.05, 4.69) is 4.72 Å². The molecule has 0 saturated carbocycles. The SMILES string of the molecule is CCn1c(=O)oc2cc(S(=O)(=O)NCc3ccc4c(c3)OCO4)c(Cl)cc21. The fourth-order valence-electron chi connectivity index (χ4n) is 2.88. The summed E-state index contributed by atoms with van der Waals surface area (Å²) in [5.74, 6) is 0.617. The van der Waals surface area contributed by atoms with Crippen LogP contribution in [0.5, 0.6) is 11.5 Å². The number of hydrogen-bond acceptors (Lipinski definition) is 6. The lowest BCUT2D eigenvalue weighted by Crippen LogP contribution is -2.23. The summed E-state index contributed by atoms with van der Waals surface area (Å²) in [5, 5.41) is 0.00341. The van der Waals surface area contributed by atoms with E-state index < -0.39 is 15.8 Å². The van der Waals surface area contributed by atoms with Crippen LogP contribution in [0.4, 0.5) is 0 Å². The fourth-order valence-corrected chi connectivity index (χ4v) is 4.43. The first-order valence-electron chi connectivity index (χ1n) is 8.10. The van der Waals surface area contributed by atoms with Crippen LogP contribution in [-0.2, 0) is 23.1 Å². The van der Waals surface area contributed by atoms with Gasteiger partial charge in [-0.25, -0.2) is 17.9 Å². The van der Waals surface area contributed by atoms with Crippen molar-refractivity contribution in [3.8, 4) is 11.5 Å². The molecule has 0 aliphatic carbocycles. The summed E-state index contributed by atoms with van der Waals surface area (Å²) in [7, 11) is -3.93. The maximum absolute atomic E-state index is 12.7. The van der Waals surface area contributed by atoms with Gasteiger partial charge in [0.25, 0.3) is 0 Å². The van der Waals surface area contributed by atoms with E-state index in [-0.39, 0.29) is 28.8 Å². The molecule has 1 aromatic heterocycles. The Labute approximate surface area is 159 Å². The number of sulfonamides is 1. The molecule has 3 aromatic rings. The van der Waals surface area contributed by atoms with Gasteiger partial charge in [0, 0.05) is 19.2 Å². The number of hydrogen-bond donors (Lipinski definition) is 1. The molecule has 1 N–H and O–H groups in total. The number of aryl methyl sites for hydroxylation is 1. The predicted molar refractivity (Wildman–Crippen MR) is 97.7 cm³/mol. The van der Waals surface area contributed by atoms with Crippen molar-refractivity contribution in [3.63, 3.8) is 0 Å². The third-order valence-corrected chi connectivity index (χ3v) is 6.10. The van der Waals surface area contributed by atoms with Gasteiger partial charge in [-0.15, -0.1) is 0 Å². The van der Waals surface area contributed by atoms with Crippen molar-refractivity contribution < 1.29 is 22.3 Å². The lowest BCUT2D eigenvalue weighted by molar-refractivity contribution is 0.174. The van der Waals surface area contributed by atoms with Crippen molar-refractivity contribution in [2.75, 3.05) is 6.79 Å². The topological polar surface area (TPSA) is 99.8 Å². The first-order chi connectivity index (χ1) is 12.9. The predicted octanol–water partition coefficient (Wildman–Crippen LogP) is 2.48. The number of nitrogens with zero attached hydrogens (tertiary/aromatic N) is 1. The van der Waals surface area contributed by atoms with Gasteiger partial charge in [0.1, 0.15) is 4.90 Å². The van der Waals surface area contributed by atoms with Crippen molar-refractivity contribution in [3.05, 3.63) is 51.5 Å². The number of nitrogens with one attached hydrogen (secondary N) is 1. The van der Waals surface area contributed by atoms with E-state index >= 15 is 0 Å². The molecule has 1 aliphatic heterocycles. The highest BCUT2D eigenvalue weighted by molar-refractivity contribution is 7.89. The van der Waals surface area contributed by atoms with Crippen molar-refractivity contribution in [2.24, 2.45) is 0 Å². The zero-order valence-electron chi connectivity index (χ0n) is 14.2. The van der Waals surface area contributed by atoms with Gasteiger partial charge in [-0.2, -0.15) is 0 Å². The molecule has 0 amide bonds. The monoisotopic (exact) mass is 410 g/mol. The molecule has 8 nitrogen and oxygen atoms in total. The van der Waals surface area contributed by atoms with E-state index in [0.29, 0.717) is 29.1 Å². The third kappa shape index (κ3) is 3.18. The van der Waals surface area contributed by atoms with Crippen molar-refractivity contribution in [2.45, 2.75) is 24.9 Å². The molecule has 0 spiro atoms. The van der Waals surface area contributed by atoms with Gasteiger partial charge >= 0.3 is 5.76 Å². The second kappa shape index (κ2) is 6.59. The molecule has 0 radical (unpaired) electrons. The summed E-state index contributed by atoms with van der Waals surface area (Å²) in [6.07, 6.45) is 0. The molecule has 0 unspecified atom stereocenters. The maximum Gasteiger partial charge on any atom is 0.419 e. The zero-order chi connectivity index (χ0) is 19.2. The van der Waals surface area contributed by atoms with Crippen LogP contribution in [0.25, 0.3) is 11.1 Å². The van der Waals surface area contributed by atoms with Gasteiger partial charge in [-0.3, -0.25) is 4.57 Å². The van der Waals surface area contributed by atoms with E-state index in [4.69, 9.17) is 25.5 Å². The van der Waals surface area contributed by atoms with E-state index in [1.54, 1.807) is 25.1 Å². The van der Waals surface area contributed by atoms with E-state index in [9.17, 15) is 13.2 Å². The van der Waals surface area contributed by atoms with Gasteiger partial charge in [-0.05, 0) is 30.7 Å². The Morgan fingerprint density at radius 1 is 1.19 bits per heavy atom. The van der Waals surface area contributed by atoms with Gasteiger partial charge in [0.15, 0.2) is 17.1 Å².